The van der Waals surface area contributed by atoms with Crippen molar-refractivity contribution < 1.29 is 24.6 Å². The highest BCUT2D eigenvalue weighted by Crippen LogP contribution is 2.39. The van der Waals surface area contributed by atoms with Gasteiger partial charge in [0.1, 0.15) is 6.61 Å². The van der Waals surface area contributed by atoms with Crippen LogP contribution in [0, 0.1) is 0 Å². The second kappa shape index (κ2) is 7.23. The number of oxime groups is 1. The first-order valence-electron chi connectivity index (χ1n) is 10.7. The molecule has 0 aliphatic carbocycles. The molecule has 2 aliphatic rings. The maximum absolute atomic E-state index is 13.4. The highest BCUT2D eigenvalue weighted by molar-refractivity contribution is 6.02. The lowest BCUT2D eigenvalue weighted by Crippen LogP contribution is -2.44. The topological polar surface area (TPSA) is 123 Å². The summed E-state index contributed by atoms with van der Waals surface area (Å²) in [6.07, 6.45) is 1.58. The minimum atomic E-state index is -1.88. The van der Waals surface area contributed by atoms with E-state index in [0.29, 0.717) is 22.5 Å². The molecule has 170 valence electrons. The second-order valence-electron chi connectivity index (χ2n) is 8.75. The van der Waals surface area contributed by atoms with Crippen molar-refractivity contribution in [1.82, 2.24) is 9.55 Å². The van der Waals surface area contributed by atoms with Crippen LogP contribution in [0.15, 0.2) is 40.3 Å². The number of benzene rings is 1. The summed E-state index contributed by atoms with van der Waals surface area (Å²) in [6, 6.07) is 9.15. The van der Waals surface area contributed by atoms with E-state index < -0.39 is 17.4 Å². The summed E-state index contributed by atoms with van der Waals surface area (Å²) >= 11 is 0. The zero-order valence-corrected chi connectivity index (χ0v) is 18.5. The van der Waals surface area contributed by atoms with Crippen LogP contribution in [0.4, 0.5) is 0 Å². The van der Waals surface area contributed by atoms with E-state index in [-0.39, 0.29) is 36.3 Å². The summed E-state index contributed by atoms with van der Waals surface area (Å²) < 4.78 is 6.69. The predicted molar refractivity (Wildman–Crippen MR) is 120 cm³/mol. The second-order valence-corrected chi connectivity index (χ2v) is 8.75. The lowest BCUT2D eigenvalue weighted by atomic mass is 9.86. The molecule has 0 fully saturated rings. The van der Waals surface area contributed by atoms with Gasteiger partial charge < -0.3 is 24.4 Å². The van der Waals surface area contributed by atoms with Crippen molar-refractivity contribution in [3.63, 3.8) is 0 Å². The van der Waals surface area contributed by atoms with Gasteiger partial charge in [-0.2, -0.15) is 0 Å². The van der Waals surface area contributed by atoms with E-state index in [0.717, 1.165) is 10.9 Å². The number of cyclic esters (lactones) is 1. The fraction of sp³-hybridized carbons (Fsp3) is 0.333. The van der Waals surface area contributed by atoms with Gasteiger partial charge in [-0.15, -0.1) is 0 Å². The van der Waals surface area contributed by atoms with Gasteiger partial charge >= 0.3 is 5.97 Å². The Kier molecular flexibility index (Phi) is 4.66. The summed E-state index contributed by atoms with van der Waals surface area (Å²) in [5, 5.41) is 25.6. The van der Waals surface area contributed by atoms with E-state index in [4.69, 9.17) is 14.6 Å². The molecule has 3 aromatic rings. The molecule has 1 aromatic carbocycles. The third kappa shape index (κ3) is 3.23. The molecule has 2 N–H and O–H groups in total. The fourth-order valence-corrected chi connectivity index (χ4v) is 4.42. The Balaban J connectivity index is 1.75. The predicted octanol–water partition coefficient (Wildman–Crippen LogP) is 2.16. The van der Waals surface area contributed by atoms with E-state index in [2.05, 4.69) is 5.16 Å². The molecule has 0 spiro atoms. The zero-order valence-electron chi connectivity index (χ0n) is 18.5. The molecule has 0 amide bonds. The van der Waals surface area contributed by atoms with E-state index in [1.54, 1.807) is 17.6 Å². The van der Waals surface area contributed by atoms with E-state index in [9.17, 15) is 19.8 Å². The molecule has 0 unspecified atom stereocenters. The Labute approximate surface area is 188 Å². The number of ether oxygens (including phenoxy) is 1. The Morgan fingerprint density at radius 2 is 2.06 bits per heavy atom. The maximum atomic E-state index is 13.4. The molecule has 1 atom stereocenters. The van der Waals surface area contributed by atoms with Gasteiger partial charge in [-0.05, 0) is 18.6 Å². The van der Waals surface area contributed by atoms with Crippen molar-refractivity contribution in [1.29, 1.82) is 0 Å². The molecule has 0 bridgehead atoms. The van der Waals surface area contributed by atoms with Crippen LogP contribution in [0.5, 0.6) is 0 Å². The number of hydrogen-bond acceptors (Lipinski definition) is 8. The van der Waals surface area contributed by atoms with Crippen molar-refractivity contribution in [3.8, 4) is 11.4 Å². The number of para-hydroxylation sites is 1. The summed E-state index contributed by atoms with van der Waals surface area (Å²) in [5.41, 5.74) is 1.54. The van der Waals surface area contributed by atoms with Gasteiger partial charge in [-0.3, -0.25) is 4.79 Å². The number of aromatic nitrogens is 2. The average Bonchev–Trinajstić information content (AvgIpc) is 3.14. The smallest absolute Gasteiger partial charge is 0.343 e. The van der Waals surface area contributed by atoms with Crippen LogP contribution in [0.25, 0.3) is 22.3 Å². The van der Waals surface area contributed by atoms with Crippen molar-refractivity contribution >= 4 is 23.1 Å². The first-order valence-corrected chi connectivity index (χ1v) is 10.7. The van der Waals surface area contributed by atoms with Gasteiger partial charge in [0, 0.05) is 35.9 Å². The number of fused-ring (bicyclic) bond motifs is 5. The Bertz CT molecular complexity index is 1400. The summed E-state index contributed by atoms with van der Waals surface area (Å²) in [6.45, 7) is 4.65. The Morgan fingerprint density at radius 1 is 1.30 bits per heavy atom. The number of nitrogens with zero attached hydrogens (tertiary/aromatic N) is 3. The number of hydrogen-bond donors (Lipinski definition) is 2. The largest absolute Gasteiger partial charge is 0.458 e. The molecule has 9 heteroatoms. The third-order valence-corrected chi connectivity index (χ3v) is 6.10. The molecule has 9 nitrogen and oxygen atoms in total. The number of rotatable bonds is 4. The van der Waals surface area contributed by atoms with Gasteiger partial charge in [-0.1, -0.05) is 30.3 Å². The number of carbonyl (C=O) groups is 1. The van der Waals surface area contributed by atoms with Crippen molar-refractivity contribution in [2.45, 2.75) is 51.7 Å². The molecule has 5 rings (SSSR count). The molecule has 2 aliphatic heterocycles. The van der Waals surface area contributed by atoms with Gasteiger partial charge in [-0.25, -0.2) is 9.78 Å². The zero-order chi connectivity index (χ0) is 23.5. The molecular weight excluding hydrogens is 426 g/mol. The number of aliphatic hydroxyl groups is 2. The van der Waals surface area contributed by atoms with Gasteiger partial charge in [0.05, 0.1) is 35.2 Å². The van der Waals surface area contributed by atoms with Crippen molar-refractivity contribution in [2.24, 2.45) is 5.16 Å². The normalized spacial score (nSPS) is 19.4. The van der Waals surface area contributed by atoms with Gasteiger partial charge in [0.2, 0.25) is 5.79 Å². The number of pyridine rings is 2. The molecule has 33 heavy (non-hydrogen) atoms. The van der Waals surface area contributed by atoms with Crippen LogP contribution in [0.2, 0.25) is 0 Å². The fourth-order valence-electron chi connectivity index (χ4n) is 4.42. The van der Waals surface area contributed by atoms with Crippen LogP contribution in [-0.4, -0.2) is 37.7 Å². The van der Waals surface area contributed by atoms with Crippen LogP contribution in [-0.2, 0) is 33.1 Å². The minimum absolute atomic E-state index is 0.0753. The number of carbonyl (C=O) groups excluding carboxylic acids is 1. The van der Waals surface area contributed by atoms with Crippen LogP contribution < -0.4 is 5.56 Å². The highest BCUT2D eigenvalue weighted by atomic mass is 16.7. The maximum Gasteiger partial charge on any atom is 0.343 e. The van der Waals surface area contributed by atoms with E-state index in [1.807, 2.05) is 24.3 Å². The lowest BCUT2D eigenvalue weighted by Gasteiger charge is -2.31. The van der Waals surface area contributed by atoms with Crippen LogP contribution >= 0.6 is 0 Å². The minimum Gasteiger partial charge on any atom is -0.458 e. The standard InChI is InChI=1S/C24H23N3O6/c1-4-24(31)17-9-19-20-15(11-27(19)21(28)16(17)12-32-22(24)29)14(10-25-33-23(2,3)30)13-7-5-6-8-18(13)26-20/h5-10,30-31H,4,11-12H2,1-3H3/b25-10+/t24-/m0/s1. The Morgan fingerprint density at radius 3 is 2.79 bits per heavy atom. The number of esters is 1. The molecule has 0 saturated carbocycles. The van der Waals surface area contributed by atoms with E-state index >= 15 is 0 Å². The lowest BCUT2D eigenvalue weighted by molar-refractivity contribution is -0.175. The Hall–Kier alpha value is -3.56. The molecular formula is C24H23N3O6. The summed E-state index contributed by atoms with van der Waals surface area (Å²) in [7, 11) is 0. The van der Waals surface area contributed by atoms with Gasteiger partial charge in [0.25, 0.3) is 5.56 Å². The first kappa shape index (κ1) is 21.3. The summed E-state index contributed by atoms with van der Waals surface area (Å²) in [5.74, 6) is -2.21. The van der Waals surface area contributed by atoms with Crippen molar-refractivity contribution in [3.05, 3.63) is 62.9 Å². The van der Waals surface area contributed by atoms with Crippen molar-refractivity contribution in [2.75, 3.05) is 0 Å². The third-order valence-electron chi connectivity index (χ3n) is 6.10. The first-order chi connectivity index (χ1) is 15.6. The van der Waals surface area contributed by atoms with Crippen LogP contribution in [0.3, 0.4) is 0 Å². The summed E-state index contributed by atoms with van der Waals surface area (Å²) in [4.78, 5) is 35.6. The molecule has 2 aromatic heterocycles. The van der Waals surface area contributed by atoms with Crippen LogP contribution in [0.1, 0.15) is 49.4 Å². The van der Waals surface area contributed by atoms with Gasteiger partial charge in [0.15, 0.2) is 5.60 Å². The van der Waals surface area contributed by atoms with E-state index in [1.165, 1.54) is 20.1 Å². The average molecular weight is 449 g/mol. The monoisotopic (exact) mass is 449 g/mol. The SMILES string of the molecule is CC[C@@]1(O)C(=O)OCc2c1cc1n(c2=O)Cc2c-1nc1ccccc1c2/C=N/OC(C)(C)O. The highest BCUT2D eigenvalue weighted by Gasteiger charge is 2.45. The molecule has 0 saturated heterocycles. The quantitative estimate of drug-likeness (QED) is 0.212. The molecule has 0 radical (unpaired) electrons. The molecule has 4 heterocycles.